The van der Waals surface area contributed by atoms with Gasteiger partial charge < -0.3 is 5.73 Å². The van der Waals surface area contributed by atoms with Crippen molar-refractivity contribution in [1.82, 2.24) is 0 Å². The number of nitrogens with zero attached hydrogens (tertiary/aromatic N) is 2. The molecule has 3 N–H and O–H groups in total. The normalized spacial score (nSPS) is 12.7. The topological polar surface area (TPSA) is 105 Å². The van der Waals surface area contributed by atoms with Gasteiger partial charge in [-0.05, 0) is 23.3 Å². The van der Waals surface area contributed by atoms with Crippen molar-refractivity contribution in [1.29, 1.82) is 0 Å². The Morgan fingerprint density at radius 2 is 1.78 bits per heavy atom. The molecule has 0 saturated carbocycles. The average Bonchev–Trinajstić information content (AvgIpc) is 2.53. The first-order valence-corrected chi connectivity index (χ1v) is 8.98. The van der Waals surface area contributed by atoms with Crippen molar-refractivity contribution in [3.63, 3.8) is 0 Å². The zero-order chi connectivity index (χ0) is 16.7. The number of hydrogen-bond donors (Lipinski definition) is 2. The van der Waals surface area contributed by atoms with Gasteiger partial charge in [-0.2, -0.15) is 13.5 Å². The van der Waals surface area contributed by atoms with Crippen LogP contribution >= 0.6 is 11.8 Å². The maximum atomic E-state index is 10.9. The van der Waals surface area contributed by atoms with Crippen molar-refractivity contribution in [3.8, 4) is 0 Å². The van der Waals surface area contributed by atoms with Crippen LogP contribution in [0.25, 0.3) is 0 Å². The quantitative estimate of drug-likeness (QED) is 0.373. The Labute approximate surface area is 138 Å². The second kappa shape index (κ2) is 7.91. The Morgan fingerprint density at radius 3 is 2.39 bits per heavy atom. The number of hydrogen-bond acceptors (Lipinski definition) is 5. The van der Waals surface area contributed by atoms with Gasteiger partial charge in [-0.15, -0.1) is 5.10 Å². The monoisotopic (exact) mass is 349 g/mol. The molecular weight excluding hydrogens is 334 g/mol. The van der Waals surface area contributed by atoms with Gasteiger partial charge in [0.15, 0.2) is 5.17 Å². The highest BCUT2D eigenvalue weighted by Crippen LogP contribution is 2.12. The number of rotatable bonds is 5. The van der Waals surface area contributed by atoms with Crippen LogP contribution in [0.2, 0.25) is 0 Å². The first kappa shape index (κ1) is 17.2. The molecule has 0 bridgehead atoms. The highest BCUT2D eigenvalue weighted by atomic mass is 32.2. The first-order valence-electron chi connectivity index (χ1n) is 6.56. The molecule has 0 spiro atoms. The van der Waals surface area contributed by atoms with Gasteiger partial charge in [0, 0.05) is 5.75 Å². The fraction of sp³-hybridized carbons (Fsp3) is 0.0667. The maximum absolute atomic E-state index is 10.9. The Bertz CT molecular complexity index is 802. The molecule has 0 amide bonds. The standard InChI is InChI=1S/C15H15N3O3S2/c16-15(22-11-13-4-2-1-3-5-13)18-17-10-12-6-8-14(9-7-12)23(19,20)21/h1-10H,11H2,(H2,16,18)(H,19,20,21). The van der Waals surface area contributed by atoms with Crippen molar-refractivity contribution in [3.05, 3.63) is 65.7 Å². The molecule has 2 aromatic rings. The van der Waals surface area contributed by atoms with E-state index in [1.165, 1.54) is 42.2 Å². The van der Waals surface area contributed by atoms with Crippen LogP contribution in [-0.4, -0.2) is 24.4 Å². The predicted octanol–water partition coefficient (Wildman–Crippen LogP) is 2.52. The number of benzene rings is 2. The highest BCUT2D eigenvalue weighted by molar-refractivity contribution is 8.13. The average molecular weight is 349 g/mol. The summed E-state index contributed by atoms with van der Waals surface area (Å²) in [5.74, 6) is 0.703. The summed E-state index contributed by atoms with van der Waals surface area (Å²) in [7, 11) is -4.18. The summed E-state index contributed by atoms with van der Waals surface area (Å²) in [5.41, 5.74) is 7.53. The Morgan fingerprint density at radius 1 is 1.13 bits per heavy atom. The summed E-state index contributed by atoms with van der Waals surface area (Å²) in [6, 6.07) is 15.5. The Kier molecular flexibility index (Phi) is 5.91. The summed E-state index contributed by atoms with van der Waals surface area (Å²) >= 11 is 1.37. The lowest BCUT2D eigenvalue weighted by molar-refractivity contribution is 0.483. The van der Waals surface area contributed by atoms with E-state index in [9.17, 15) is 8.42 Å². The van der Waals surface area contributed by atoms with Crippen molar-refractivity contribution in [2.45, 2.75) is 10.6 Å². The van der Waals surface area contributed by atoms with Crippen molar-refractivity contribution in [2.24, 2.45) is 15.9 Å². The molecule has 0 heterocycles. The lowest BCUT2D eigenvalue weighted by atomic mass is 10.2. The van der Waals surface area contributed by atoms with Gasteiger partial charge in [0.25, 0.3) is 10.1 Å². The van der Waals surface area contributed by atoms with E-state index in [1.54, 1.807) is 0 Å². The number of amidine groups is 1. The molecule has 2 rings (SSSR count). The predicted molar refractivity (Wildman–Crippen MR) is 93.2 cm³/mol. The van der Waals surface area contributed by atoms with Crippen molar-refractivity contribution >= 4 is 33.3 Å². The minimum Gasteiger partial charge on any atom is -0.377 e. The third kappa shape index (κ3) is 5.85. The van der Waals surface area contributed by atoms with Crippen molar-refractivity contribution < 1.29 is 13.0 Å². The van der Waals surface area contributed by atoms with Crippen LogP contribution in [-0.2, 0) is 15.9 Å². The summed E-state index contributed by atoms with van der Waals surface area (Å²) in [6.45, 7) is 0. The van der Waals surface area contributed by atoms with Gasteiger partial charge in [-0.1, -0.05) is 54.2 Å². The van der Waals surface area contributed by atoms with Gasteiger partial charge in [-0.25, -0.2) is 0 Å². The molecule has 0 radical (unpaired) electrons. The smallest absolute Gasteiger partial charge is 0.294 e. The van der Waals surface area contributed by atoms with Crippen LogP contribution in [0.5, 0.6) is 0 Å². The number of nitrogens with two attached hydrogens (primary N) is 1. The molecule has 0 aliphatic heterocycles. The molecule has 120 valence electrons. The van der Waals surface area contributed by atoms with Crippen LogP contribution in [0.1, 0.15) is 11.1 Å². The van der Waals surface area contributed by atoms with Crippen LogP contribution in [0.15, 0.2) is 69.7 Å². The fourth-order valence-electron chi connectivity index (χ4n) is 1.64. The van der Waals surface area contributed by atoms with Gasteiger partial charge in [0.1, 0.15) is 0 Å². The van der Waals surface area contributed by atoms with Crippen LogP contribution in [0.4, 0.5) is 0 Å². The van der Waals surface area contributed by atoms with E-state index in [2.05, 4.69) is 10.2 Å². The zero-order valence-corrected chi connectivity index (χ0v) is 13.7. The number of thioether (sulfide) groups is 1. The largest absolute Gasteiger partial charge is 0.377 e. The molecule has 8 heteroatoms. The molecule has 0 unspecified atom stereocenters. The lowest BCUT2D eigenvalue weighted by Crippen LogP contribution is -2.06. The first-order chi connectivity index (χ1) is 10.9. The molecule has 0 fully saturated rings. The molecule has 0 atom stereocenters. The molecule has 0 saturated heterocycles. The van der Waals surface area contributed by atoms with E-state index >= 15 is 0 Å². The van der Waals surface area contributed by atoms with Gasteiger partial charge in [0.05, 0.1) is 11.1 Å². The van der Waals surface area contributed by atoms with E-state index < -0.39 is 10.1 Å². The van der Waals surface area contributed by atoms with E-state index in [-0.39, 0.29) is 4.90 Å². The Balaban J connectivity index is 1.92. The molecule has 23 heavy (non-hydrogen) atoms. The maximum Gasteiger partial charge on any atom is 0.294 e. The van der Waals surface area contributed by atoms with Crippen molar-refractivity contribution in [2.75, 3.05) is 0 Å². The minimum atomic E-state index is -4.18. The molecule has 2 aromatic carbocycles. The fourth-order valence-corrected chi connectivity index (χ4v) is 2.73. The van der Waals surface area contributed by atoms with Gasteiger partial charge >= 0.3 is 0 Å². The van der Waals surface area contributed by atoms with Crippen LogP contribution < -0.4 is 5.73 Å². The second-order valence-electron chi connectivity index (χ2n) is 4.50. The molecular formula is C15H15N3O3S2. The summed E-state index contributed by atoms with van der Waals surface area (Å²) in [6.07, 6.45) is 1.45. The zero-order valence-electron chi connectivity index (χ0n) is 12.0. The molecule has 0 aliphatic rings. The second-order valence-corrected chi connectivity index (χ2v) is 6.92. The highest BCUT2D eigenvalue weighted by Gasteiger charge is 2.07. The van der Waals surface area contributed by atoms with E-state index in [0.29, 0.717) is 16.5 Å². The molecule has 0 aliphatic carbocycles. The molecule has 6 nitrogen and oxygen atoms in total. The van der Waals surface area contributed by atoms with Gasteiger partial charge in [-0.3, -0.25) is 4.55 Å². The minimum absolute atomic E-state index is 0.170. The van der Waals surface area contributed by atoms with Crippen LogP contribution in [0, 0.1) is 0 Å². The third-order valence-corrected chi connectivity index (χ3v) is 4.49. The van der Waals surface area contributed by atoms with Gasteiger partial charge in [0.2, 0.25) is 0 Å². The summed E-state index contributed by atoms with van der Waals surface area (Å²) in [4.78, 5) is -0.170. The Hall–Kier alpha value is -2.16. The lowest BCUT2D eigenvalue weighted by Gasteiger charge is -1.99. The van der Waals surface area contributed by atoms with E-state index in [1.807, 2.05) is 30.3 Å². The SMILES string of the molecule is NC(=NN=Cc1ccc(S(=O)(=O)O)cc1)SCc1ccccc1. The van der Waals surface area contributed by atoms with Crippen LogP contribution in [0.3, 0.4) is 0 Å². The molecule has 0 aromatic heterocycles. The van der Waals surface area contributed by atoms with E-state index in [0.717, 1.165) is 5.56 Å². The summed E-state index contributed by atoms with van der Waals surface area (Å²) < 4.78 is 30.7. The summed E-state index contributed by atoms with van der Waals surface area (Å²) in [5, 5.41) is 8.05. The van der Waals surface area contributed by atoms with E-state index in [4.69, 9.17) is 10.3 Å². The third-order valence-electron chi connectivity index (χ3n) is 2.77.